The Morgan fingerprint density at radius 3 is 2.31 bits per heavy atom. The van der Waals surface area contributed by atoms with Crippen molar-refractivity contribution in [1.82, 2.24) is 0 Å². The summed E-state index contributed by atoms with van der Waals surface area (Å²) in [6, 6.07) is 10.2. The molecule has 1 amide bonds. The first-order valence-electron chi connectivity index (χ1n) is 7.97. The van der Waals surface area contributed by atoms with Crippen LogP contribution in [0.3, 0.4) is 0 Å². The van der Waals surface area contributed by atoms with Crippen LogP contribution in [-0.2, 0) is 16.4 Å². The lowest BCUT2D eigenvalue weighted by molar-refractivity contribution is 0.102. The minimum Gasteiger partial charge on any atom is -0.497 e. The number of methoxy groups -OCH3 is 2. The monoisotopic (exact) mass is 376 g/mol. The van der Waals surface area contributed by atoms with Crippen molar-refractivity contribution in [3.05, 3.63) is 47.5 Å². The molecule has 8 heteroatoms. The van der Waals surface area contributed by atoms with Crippen LogP contribution in [0.4, 0.5) is 11.4 Å². The molecule has 2 aromatic rings. The second-order valence-corrected chi connectivity index (χ2v) is 7.89. The second kappa shape index (κ2) is 6.87. The van der Waals surface area contributed by atoms with E-state index in [1.807, 2.05) is 0 Å². The number of amides is 1. The molecule has 0 fully saturated rings. The van der Waals surface area contributed by atoms with Crippen LogP contribution in [0.1, 0.15) is 15.9 Å². The van der Waals surface area contributed by atoms with Gasteiger partial charge in [0, 0.05) is 36.0 Å². The Morgan fingerprint density at radius 1 is 1.08 bits per heavy atom. The standard InChI is InChI=1S/C18H20N2O5S/c1-24-15-9-14(10-16(11-15)25-2)19-18(21)13-5-4-12-6-7-20(17(12)8-13)26(3,22)23/h4-5,8-11H,6-7H2,1-3H3,(H,19,21). The molecule has 7 nitrogen and oxygen atoms in total. The van der Waals surface area contributed by atoms with Crippen molar-refractivity contribution < 1.29 is 22.7 Å². The molecule has 1 aliphatic heterocycles. The number of rotatable bonds is 5. The average molecular weight is 376 g/mol. The first-order chi connectivity index (χ1) is 12.3. The zero-order chi connectivity index (χ0) is 18.9. The average Bonchev–Trinajstić information content (AvgIpc) is 3.04. The van der Waals surface area contributed by atoms with E-state index in [1.165, 1.54) is 18.5 Å². The number of carbonyl (C=O) groups excluding carboxylic acids is 1. The molecule has 1 N–H and O–H groups in total. The summed E-state index contributed by atoms with van der Waals surface area (Å²) in [6.45, 7) is 0.395. The molecule has 0 unspecified atom stereocenters. The van der Waals surface area contributed by atoms with E-state index in [1.54, 1.807) is 36.4 Å². The molecule has 0 aliphatic carbocycles. The van der Waals surface area contributed by atoms with Crippen LogP contribution in [0.15, 0.2) is 36.4 Å². The van der Waals surface area contributed by atoms with E-state index >= 15 is 0 Å². The van der Waals surface area contributed by atoms with Crippen molar-refractivity contribution in [2.45, 2.75) is 6.42 Å². The Balaban J connectivity index is 1.88. The van der Waals surface area contributed by atoms with Crippen LogP contribution >= 0.6 is 0 Å². The minimum atomic E-state index is -3.37. The molecule has 0 spiro atoms. The molecule has 26 heavy (non-hydrogen) atoms. The van der Waals surface area contributed by atoms with Gasteiger partial charge in [0.15, 0.2) is 0 Å². The Morgan fingerprint density at radius 2 is 1.73 bits per heavy atom. The fourth-order valence-corrected chi connectivity index (χ4v) is 3.87. The lowest BCUT2D eigenvalue weighted by atomic mass is 10.1. The number of nitrogens with one attached hydrogen (secondary N) is 1. The molecule has 0 aromatic heterocycles. The maximum atomic E-state index is 12.6. The molecule has 0 saturated carbocycles. The van der Waals surface area contributed by atoms with Gasteiger partial charge in [-0.15, -0.1) is 0 Å². The summed E-state index contributed by atoms with van der Waals surface area (Å²) in [5.41, 5.74) is 2.37. The van der Waals surface area contributed by atoms with E-state index < -0.39 is 10.0 Å². The normalized spacial score (nSPS) is 13.3. The molecule has 3 rings (SSSR count). The van der Waals surface area contributed by atoms with Crippen molar-refractivity contribution in [2.24, 2.45) is 0 Å². The molecule has 1 aliphatic rings. The predicted molar refractivity (Wildman–Crippen MR) is 99.8 cm³/mol. The zero-order valence-electron chi connectivity index (χ0n) is 14.8. The lowest BCUT2D eigenvalue weighted by Gasteiger charge is -2.17. The molecule has 0 bridgehead atoms. The van der Waals surface area contributed by atoms with Gasteiger partial charge in [0.25, 0.3) is 5.91 Å². The molecular weight excluding hydrogens is 356 g/mol. The van der Waals surface area contributed by atoms with Crippen molar-refractivity contribution in [3.63, 3.8) is 0 Å². The number of hydrogen-bond acceptors (Lipinski definition) is 5. The van der Waals surface area contributed by atoms with Gasteiger partial charge in [0.1, 0.15) is 11.5 Å². The number of sulfonamides is 1. The topological polar surface area (TPSA) is 84.9 Å². The lowest BCUT2D eigenvalue weighted by Crippen LogP contribution is -2.27. The first kappa shape index (κ1) is 18.1. The van der Waals surface area contributed by atoms with Gasteiger partial charge < -0.3 is 14.8 Å². The maximum absolute atomic E-state index is 12.6. The van der Waals surface area contributed by atoms with Gasteiger partial charge in [-0.05, 0) is 24.1 Å². The fourth-order valence-electron chi connectivity index (χ4n) is 2.92. The zero-order valence-corrected chi connectivity index (χ0v) is 15.6. The second-order valence-electron chi connectivity index (χ2n) is 5.98. The van der Waals surface area contributed by atoms with Crippen molar-refractivity contribution in [2.75, 3.05) is 36.6 Å². The van der Waals surface area contributed by atoms with Crippen molar-refractivity contribution >= 4 is 27.3 Å². The third-order valence-corrected chi connectivity index (χ3v) is 5.39. The Labute approximate surface area is 152 Å². The largest absolute Gasteiger partial charge is 0.497 e. The van der Waals surface area contributed by atoms with Crippen molar-refractivity contribution in [3.8, 4) is 11.5 Å². The van der Waals surface area contributed by atoms with Crippen LogP contribution < -0.4 is 19.1 Å². The molecular formula is C18H20N2O5S. The number of ether oxygens (including phenoxy) is 2. The van der Waals surface area contributed by atoms with Crippen LogP contribution in [0.2, 0.25) is 0 Å². The minimum absolute atomic E-state index is 0.344. The molecule has 0 radical (unpaired) electrons. The van der Waals surface area contributed by atoms with Gasteiger partial charge in [0.2, 0.25) is 10.0 Å². The third-order valence-electron chi connectivity index (χ3n) is 4.21. The quantitative estimate of drug-likeness (QED) is 0.865. The van der Waals surface area contributed by atoms with Crippen molar-refractivity contribution in [1.29, 1.82) is 0 Å². The van der Waals surface area contributed by atoms with E-state index in [0.29, 0.717) is 41.4 Å². The number of anilines is 2. The summed E-state index contributed by atoms with van der Waals surface area (Å²) in [5, 5.41) is 2.79. The summed E-state index contributed by atoms with van der Waals surface area (Å²) in [7, 11) is -0.310. The van der Waals surface area contributed by atoms with Gasteiger partial charge >= 0.3 is 0 Å². The summed E-state index contributed by atoms with van der Waals surface area (Å²) in [5.74, 6) is 0.761. The highest BCUT2D eigenvalue weighted by atomic mass is 32.2. The van der Waals surface area contributed by atoms with E-state index in [2.05, 4.69) is 5.32 Å². The number of benzene rings is 2. The summed E-state index contributed by atoms with van der Waals surface area (Å²) in [6.07, 6.45) is 1.80. The SMILES string of the molecule is COc1cc(NC(=O)c2ccc3c(c2)N(S(C)(=O)=O)CC3)cc(OC)c1. The Bertz CT molecular complexity index is 934. The number of hydrogen-bond donors (Lipinski definition) is 1. The van der Waals surface area contributed by atoms with Gasteiger partial charge in [0.05, 0.1) is 26.2 Å². The molecule has 0 saturated heterocycles. The molecule has 0 atom stereocenters. The van der Waals surface area contributed by atoms with Gasteiger partial charge in [-0.3, -0.25) is 9.10 Å². The maximum Gasteiger partial charge on any atom is 0.255 e. The van der Waals surface area contributed by atoms with Crippen LogP contribution in [-0.4, -0.2) is 41.3 Å². The van der Waals surface area contributed by atoms with Crippen LogP contribution in [0, 0.1) is 0 Å². The summed E-state index contributed by atoms with van der Waals surface area (Å²) in [4.78, 5) is 12.6. The predicted octanol–water partition coefficient (Wildman–Crippen LogP) is 2.28. The summed E-state index contributed by atoms with van der Waals surface area (Å²) >= 11 is 0. The van der Waals surface area contributed by atoms with E-state index in [9.17, 15) is 13.2 Å². The van der Waals surface area contributed by atoms with Crippen LogP contribution in [0.5, 0.6) is 11.5 Å². The number of nitrogens with zero attached hydrogens (tertiary/aromatic N) is 1. The van der Waals surface area contributed by atoms with Crippen LogP contribution in [0.25, 0.3) is 0 Å². The highest BCUT2D eigenvalue weighted by molar-refractivity contribution is 7.92. The van der Waals surface area contributed by atoms with E-state index in [4.69, 9.17) is 9.47 Å². The fraction of sp³-hybridized carbons (Fsp3) is 0.278. The molecule has 1 heterocycles. The van der Waals surface area contributed by atoms with Gasteiger partial charge in [-0.2, -0.15) is 0 Å². The Kier molecular flexibility index (Phi) is 4.78. The first-order valence-corrected chi connectivity index (χ1v) is 9.81. The highest BCUT2D eigenvalue weighted by Gasteiger charge is 2.27. The summed E-state index contributed by atoms with van der Waals surface area (Å²) < 4.78 is 35.5. The van der Waals surface area contributed by atoms with E-state index in [-0.39, 0.29) is 5.91 Å². The third kappa shape index (κ3) is 3.60. The Hall–Kier alpha value is -2.74. The van der Waals surface area contributed by atoms with E-state index in [0.717, 1.165) is 11.8 Å². The smallest absolute Gasteiger partial charge is 0.255 e. The highest BCUT2D eigenvalue weighted by Crippen LogP contribution is 2.31. The van der Waals surface area contributed by atoms with Gasteiger partial charge in [-0.1, -0.05) is 6.07 Å². The van der Waals surface area contributed by atoms with Gasteiger partial charge in [-0.25, -0.2) is 8.42 Å². The number of fused-ring (bicyclic) bond motifs is 1. The molecule has 138 valence electrons. The molecule has 2 aromatic carbocycles. The number of carbonyl (C=O) groups is 1.